The normalized spacial score (nSPS) is 16.2. The van der Waals surface area contributed by atoms with Crippen molar-refractivity contribution in [3.8, 4) is 0 Å². The Hall–Kier alpha value is -1.62. The predicted molar refractivity (Wildman–Crippen MR) is 56.9 cm³/mol. The van der Waals surface area contributed by atoms with Gasteiger partial charge in [0, 0.05) is 13.0 Å². The molecule has 3 amide bonds. The van der Waals surface area contributed by atoms with Gasteiger partial charge in [-0.3, -0.25) is 15.0 Å². The van der Waals surface area contributed by atoms with Gasteiger partial charge in [-0.2, -0.15) is 0 Å². The van der Waals surface area contributed by atoms with Gasteiger partial charge in [-0.25, -0.2) is 9.18 Å². The van der Waals surface area contributed by atoms with Crippen molar-refractivity contribution in [1.82, 2.24) is 5.32 Å². The molecule has 0 radical (unpaired) electrons. The Morgan fingerprint density at radius 1 is 1.38 bits per heavy atom. The number of nitrogens with zero attached hydrogens (tertiary/aromatic N) is 1. The van der Waals surface area contributed by atoms with Crippen LogP contribution in [0.1, 0.15) is 6.42 Å². The molecule has 16 heavy (non-hydrogen) atoms. The molecule has 0 bridgehead atoms. The highest BCUT2D eigenvalue weighted by molar-refractivity contribution is 6.34. The molecule has 84 valence electrons. The number of hydrogen-bond donors (Lipinski definition) is 1. The van der Waals surface area contributed by atoms with E-state index in [0.717, 1.165) is 0 Å². The quantitative estimate of drug-likeness (QED) is 0.818. The number of halogens is 2. The van der Waals surface area contributed by atoms with E-state index in [-0.39, 0.29) is 29.6 Å². The number of benzene rings is 1. The van der Waals surface area contributed by atoms with E-state index in [1.165, 1.54) is 23.1 Å². The molecule has 0 spiro atoms. The lowest BCUT2D eigenvalue weighted by molar-refractivity contribution is -0.120. The van der Waals surface area contributed by atoms with Crippen molar-refractivity contribution >= 4 is 29.2 Å². The Morgan fingerprint density at radius 2 is 2.12 bits per heavy atom. The highest BCUT2D eigenvalue weighted by Gasteiger charge is 2.26. The molecule has 0 aromatic heterocycles. The smallest absolute Gasteiger partial charge is 0.292 e. The summed E-state index contributed by atoms with van der Waals surface area (Å²) in [5.74, 6) is -0.933. The fourth-order valence-electron chi connectivity index (χ4n) is 1.49. The number of hydrogen-bond acceptors (Lipinski definition) is 2. The van der Waals surface area contributed by atoms with E-state index in [4.69, 9.17) is 11.6 Å². The van der Waals surface area contributed by atoms with E-state index in [0.29, 0.717) is 0 Å². The van der Waals surface area contributed by atoms with E-state index in [1.54, 1.807) is 0 Å². The first-order valence-corrected chi connectivity index (χ1v) is 5.03. The second-order valence-electron chi connectivity index (χ2n) is 3.33. The summed E-state index contributed by atoms with van der Waals surface area (Å²) in [7, 11) is 0. The first-order valence-electron chi connectivity index (χ1n) is 4.65. The number of rotatable bonds is 1. The average molecular weight is 243 g/mol. The molecule has 6 heteroatoms. The van der Waals surface area contributed by atoms with Crippen molar-refractivity contribution < 1.29 is 14.0 Å². The number of amides is 3. The van der Waals surface area contributed by atoms with Crippen molar-refractivity contribution in [2.45, 2.75) is 6.42 Å². The van der Waals surface area contributed by atoms with Crippen LogP contribution in [0.3, 0.4) is 0 Å². The fourth-order valence-corrected chi connectivity index (χ4v) is 1.72. The summed E-state index contributed by atoms with van der Waals surface area (Å²) in [6.07, 6.45) is 0.179. The van der Waals surface area contributed by atoms with E-state index < -0.39 is 11.8 Å². The Morgan fingerprint density at radius 3 is 2.81 bits per heavy atom. The standard InChI is InChI=1S/C10H8ClFN2O2/c11-9-6(12)2-1-3-7(9)14-5-4-8(15)13-10(14)16/h1-3H,4-5H2,(H,13,15,16). The molecular formula is C10H8ClFN2O2. The zero-order chi connectivity index (χ0) is 11.7. The van der Waals surface area contributed by atoms with E-state index in [1.807, 2.05) is 0 Å². The van der Waals surface area contributed by atoms with Crippen LogP contribution >= 0.6 is 11.6 Å². The molecule has 1 saturated heterocycles. The Bertz CT molecular complexity index is 464. The van der Waals surface area contributed by atoms with Gasteiger partial charge in [0.25, 0.3) is 0 Å². The van der Waals surface area contributed by atoms with Gasteiger partial charge in [0.1, 0.15) is 10.8 Å². The molecule has 1 aromatic rings. The van der Waals surface area contributed by atoms with Crippen molar-refractivity contribution in [2.75, 3.05) is 11.4 Å². The SMILES string of the molecule is O=C1CCN(c2cccc(F)c2Cl)C(=O)N1. The van der Waals surface area contributed by atoms with Gasteiger partial charge in [0.2, 0.25) is 5.91 Å². The number of urea groups is 1. The summed E-state index contributed by atoms with van der Waals surface area (Å²) >= 11 is 5.75. The lowest BCUT2D eigenvalue weighted by Gasteiger charge is -2.27. The molecule has 0 atom stereocenters. The minimum Gasteiger partial charge on any atom is -0.292 e. The van der Waals surface area contributed by atoms with Crippen LogP contribution in [0, 0.1) is 5.82 Å². The average Bonchev–Trinajstić information content (AvgIpc) is 2.23. The highest BCUT2D eigenvalue weighted by atomic mass is 35.5. The molecule has 4 nitrogen and oxygen atoms in total. The van der Waals surface area contributed by atoms with Crippen molar-refractivity contribution in [2.24, 2.45) is 0 Å². The highest BCUT2D eigenvalue weighted by Crippen LogP contribution is 2.29. The third kappa shape index (κ3) is 1.86. The Labute approximate surface area is 96.0 Å². The summed E-state index contributed by atoms with van der Waals surface area (Å²) in [4.78, 5) is 23.7. The molecule has 0 unspecified atom stereocenters. The number of carbonyl (C=O) groups excluding carboxylic acids is 2. The van der Waals surface area contributed by atoms with Gasteiger partial charge in [-0.15, -0.1) is 0 Å². The molecule has 1 aliphatic heterocycles. The van der Waals surface area contributed by atoms with Crippen LogP contribution in [0.4, 0.5) is 14.9 Å². The number of nitrogens with one attached hydrogen (secondary N) is 1. The fraction of sp³-hybridized carbons (Fsp3) is 0.200. The van der Waals surface area contributed by atoms with Gasteiger partial charge in [-0.1, -0.05) is 17.7 Å². The van der Waals surface area contributed by atoms with Gasteiger partial charge in [0.15, 0.2) is 0 Å². The van der Waals surface area contributed by atoms with Gasteiger partial charge < -0.3 is 0 Å². The summed E-state index contributed by atoms with van der Waals surface area (Å²) in [6.45, 7) is 0.202. The van der Waals surface area contributed by atoms with Crippen molar-refractivity contribution in [3.63, 3.8) is 0 Å². The maximum absolute atomic E-state index is 13.2. The monoisotopic (exact) mass is 242 g/mol. The molecular weight excluding hydrogens is 235 g/mol. The topological polar surface area (TPSA) is 49.4 Å². The van der Waals surface area contributed by atoms with Gasteiger partial charge in [-0.05, 0) is 12.1 Å². The van der Waals surface area contributed by atoms with Crippen LogP contribution in [0.5, 0.6) is 0 Å². The molecule has 1 fully saturated rings. The summed E-state index contributed by atoms with van der Waals surface area (Å²) in [6, 6.07) is 3.61. The summed E-state index contributed by atoms with van der Waals surface area (Å²) in [5, 5.41) is 2.02. The number of imide groups is 1. The van der Waals surface area contributed by atoms with Crippen LogP contribution in [0.2, 0.25) is 5.02 Å². The molecule has 1 aromatic carbocycles. The van der Waals surface area contributed by atoms with E-state index >= 15 is 0 Å². The second-order valence-corrected chi connectivity index (χ2v) is 3.71. The molecule has 2 rings (SSSR count). The van der Waals surface area contributed by atoms with Crippen LogP contribution in [0.25, 0.3) is 0 Å². The molecule has 1 N–H and O–H groups in total. The van der Waals surface area contributed by atoms with Gasteiger partial charge in [0.05, 0.1) is 5.69 Å². The Balaban J connectivity index is 2.34. The molecule has 1 heterocycles. The zero-order valence-corrected chi connectivity index (χ0v) is 8.92. The Kier molecular flexibility index (Phi) is 2.78. The third-order valence-electron chi connectivity index (χ3n) is 2.28. The van der Waals surface area contributed by atoms with Crippen molar-refractivity contribution in [1.29, 1.82) is 0 Å². The van der Waals surface area contributed by atoms with Gasteiger partial charge >= 0.3 is 6.03 Å². The largest absolute Gasteiger partial charge is 0.328 e. The van der Waals surface area contributed by atoms with Crippen LogP contribution in [0.15, 0.2) is 18.2 Å². The maximum atomic E-state index is 13.2. The minimum atomic E-state index is -0.594. The molecule has 1 aliphatic rings. The minimum absolute atomic E-state index is 0.119. The van der Waals surface area contributed by atoms with E-state index in [9.17, 15) is 14.0 Å². The zero-order valence-electron chi connectivity index (χ0n) is 8.17. The maximum Gasteiger partial charge on any atom is 0.328 e. The summed E-state index contributed by atoms with van der Waals surface area (Å²) < 4.78 is 13.2. The first-order chi connectivity index (χ1) is 7.59. The van der Waals surface area contributed by atoms with E-state index in [2.05, 4.69) is 5.32 Å². The predicted octanol–water partition coefficient (Wildman–Crippen LogP) is 1.93. The van der Waals surface area contributed by atoms with Crippen LogP contribution in [-0.4, -0.2) is 18.5 Å². The molecule has 0 aliphatic carbocycles. The lowest BCUT2D eigenvalue weighted by Crippen LogP contribution is -2.49. The number of anilines is 1. The van der Waals surface area contributed by atoms with Crippen molar-refractivity contribution in [3.05, 3.63) is 29.0 Å². The van der Waals surface area contributed by atoms with Crippen LogP contribution in [-0.2, 0) is 4.79 Å². The summed E-state index contributed by atoms with van der Waals surface area (Å²) in [5.41, 5.74) is 0.270. The third-order valence-corrected chi connectivity index (χ3v) is 2.65. The van der Waals surface area contributed by atoms with Crippen LogP contribution < -0.4 is 10.2 Å². The molecule has 0 saturated carbocycles. The second kappa shape index (κ2) is 4.09. The first kappa shape index (κ1) is 10.9. The lowest BCUT2D eigenvalue weighted by atomic mass is 10.2. The number of carbonyl (C=O) groups is 2.